The quantitative estimate of drug-likeness (QED) is 0.133. The first-order valence-electron chi connectivity index (χ1n) is 6.98. The zero-order chi connectivity index (χ0) is 17.9. The number of methoxy groups -OCH3 is 2. The minimum absolute atomic E-state index is 0.0146. The summed E-state index contributed by atoms with van der Waals surface area (Å²) in [6, 6.07) is 0. The van der Waals surface area contributed by atoms with Crippen molar-refractivity contribution in [3.8, 4) is 12.3 Å². The summed E-state index contributed by atoms with van der Waals surface area (Å²) in [6.45, 7) is 3.41. The molecule has 0 unspecified atom stereocenters. The Morgan fingerprint density at radius 2 is 1.83 bits per heavy atom. The number of carbonyl (C=O) groups excluding carboxylic acids is 3. The van der Waals surface area contributed by atoms with Crippen LogP contribution in [0.3, 0.4) is 0 Å². The van der Waals surface area contributed by atoms with E-state index in [1.165, 1.54) is 20.3 Å². The summed E-state index contributed by atoms with van der Waals surface area (Å²) in [5.74, 6) is 0.900. The van der Waals surface area contributed by atoms with Crippen molar-refractivity contribution < 1.29 is 23.9 Å². The molecular formula is C17H21IO5. The van der Waals surface area contributed by atoms with Crippen LogP contribution in [0.5, 0.6) is 0 Å². The number of unbranched alkanes of at least 4 members (excludes halogenated alkanes) is 1. The van der Waals surface area contributed by atoms with Crippen LogP contribution in [0, 0.1) is 17.8 Å². The van der Waals surface area contributed by atoms with Gasteiger partial charge in [-0.05, 0) is 45.1 Å². The molecule has 126 valence electrons. The Labute approximate surface area is 150 Å². The topological polar surface area (TPSA) is 69.7 Å². The number of ketones is 1. The number of rotatable bonds is 10. The van der Waals surface area contributed by atoms with Crippen LogP contribution < -0.4 is 0 Å². The first-order valence-corrected chi connectivity index (χ1v) is 8.06. The maximum atomic E-state index is 12.1. The Morgan fingerprint density at radius 3 is 2.26 bits per heavy atom. The summed E-state index contributed by atoms with van der Waals surface area (Å²) in [5.41, 5.74) is -1.54. The van der Waals surface area contributed by atoms with Crippen LogP contribution in [0.15, 0.2) is 22.3 Å². The lowest BCUT2D eigenvalue weighted by Crippen LogP contribution is -2.41. The van der Waals surface area contributed by atoms with Gasteiger partial charge in [0.2, 0.25) is 0 Å². The van der Waals surface area contributed by atoms with Crippen molar-refractivity contribution in [3.63, 3.8) is 0 Å². The lowest BCUT2D eigenvalue weighted by atomic mass is 9.81. The number of hydrogen-bond acceptors (Lipinski definition) is 5. The van der Waals surface area contributed by atoms with E-state index in [1.807, 2.05) is 28.7 Å². The Balaban J connectivity index is 5.10. The molecule has 0 rings (SSSR count). The fourth-order valence-electron chi connectivity index (χ4n) is 2.00. The van der Waals surface area contributed by atoms with E-state index in [9.17, 15) is 14.4 Å². The van der Waals surface area contributed by atoms with Gasteiger partial charge in [-0.3, -0.25) is 14.4 Å². The van der Waals surface area contributed by atoms with Gasteiger partial charge >= 0.3 is 11.9 Å². The van der Waals surface area contributed by atoms with Crippen molar-refractivity contribution in [1.82, 2.24) is 0 Å². The number of terminal acetylenes is 1. The molecule has 0 amide bonds. The van der Waals surface area contributed by atoms with Gasteiger partial charge < -0.3 is 9.47 Å². The highest BCUT2D eigenvalue weighted by Crippen LogP contribution is 2.35. The first-order chi connectivity index (χ1) is 10.9. The zero-order valence-electron chi connectivity index (χ0n) is 13.4. The van der Waals surface area contributed by atoms with E-state index in [0.29, 0.717) is 19.3 Å². The standard InChI is InChI=1S/C17H21IO5/c1-5-11-17(15(20)22-3,16(21)23-4)12-13(18)9-7-8-10-14(19)6-2/h1,6,9H,2,7-8,10-12H2,3-4H3/b13-9+. The molecule has 0 heterocycles. The summed E-state index contributed by atoms with van der Waals surface area (Å²) >= 11 is 2.04. The van der Waals surface area contributed by atoms with E-state index < -0.39 is 17.4 Å². The molecule has 0 spiro atoms. The number of ether oxygens (including phenoxy) is 2. The second-order valence-electron chi connectivity index (χ2n) is 4.84. The minimum atomic E-state index is -1.54. The summed E-state index contributed by atoms with van der Waals surface area (Å²) in [6.07, 6.45) is 10.2. The van der Waals surface area contributed by atoms with E-state index in [0.717, 1.165) is 3.58 Å². The maximum Gasteiger partial charge on any atom is 0.324 e. The third-order valence-corrected chi connectivity index (χ3v) is 4.07. The van der Waals surface area contributed by atoms with Crippen molar-refractivity contribution in [2.24, 2.45) is 5.41 Å². The van der Waals surface area contributed by atoms with E-state index in [-0.39, 0.29) is 18.6 Å². The Morgan fingerprint density at radius 1 is 1.26 bits per heavy atom. The Bertz CT molecular complexity index is 512. The van der Waals surface area contributed by atoms with Crippen molar-refractivity contribution in [2.45, 2.75) is 32.1 Å². The van der Waals surface area contributed by atoms with Gasteiger partial charge in [0.25, 0.3) is 0 Å². The average Bonchev–Trinajstić information content (AvgIpc) is 2.56. The van der Waals surface area contributed by atoms with Gasteiger partial charge in [-0.1, -0.05) is 12.7 Å². The van der Waals surface area contributed by atoms with Crippen molar-refractivity contribution in [3.05, 3.63) is 22.3 Å². The molecule has 0 aliphatic heterocycles. The molecule has 0 aliphatic rings. The molecule has 0 radical (unpaired) electrons. The van der Waals surface area contributed by atoms with E-state index in [1.54, 1.807) is 0 Å². The highest BCUT2D eigenvalue weighted by atomic mass is 127. The van der Waals surface area contributed by atoms with Crippen LogP contribution >= 0.6 is 22.6 Å². The molecule has 6 heteroatoms. The monoisotopic (exact) mass is 432 g/mol. The summed E-state index contributed by atoms with van der Waals surface area (Å²) in [5, 5.41) is 0. The minimum Gasteiger partial charge on any atom is -0.468 e. The molecule has 0 atom stereocenters. The summed E-state index contributed by atoms with van der Waals surface area (Å²) < 4.78 is 10.3. The molecule has 0 aliphatic carbocycles. The molecule has 0 aromatic heterocycles. The predicted octanol–water partition coefficient (Wildman–Crippen LogP) is 2.98. The lowest BCUT2D eigenvalue weighted by molar-refractivity contribution is -0.168. The van der Waals surface area contributed by atoms with Gasteiger partial charge in [0.15, 0.2) is 11.2 Å². The van der Waals surface area contributed by atoms with Crippen molar-refractivity contribution >= 4 is 40.3 Å². The Kier molecular flexibility index (Phi) is 10.2. The Hall–Kier alpha value is -1.62. The number of esters is 2. The van der Waals surface area contributed by atoms with Gasteiger partial charge in [0.05, 0.1) is 14.2 Å². The lowest BCUT2D eigenvalue weighted by Gasteiger charge is -2.26. The predicted molar refractivity (Wildman–Crippen MR) is 95.7 cm³/mol. The maximum absolute atomic E-state index is 12.1. The molecule has 0 saturated carbocycles. The molecule has 0 bridgehead atoms. The third-order valence-electron chi connectivity index (χ3n) is 3.25. The van der Waals surface area contributed by atoms with Gasteiger partial charge in [-0.25, -0.2) is 0 Å². The normalized spacial score (nSPS) is 11.3. The average molecular weight is 432 g/mol. The zero-order valence-corrected chi connectivity index (χ0v) is 15.6. The summed E-state index contributed by atoms with van der Waals surface area (Å²) in [7, 11) is 2.40. The van der Waals surface area contributed by atoms with Gasteiger partial charge in [0, 0.05) is 19.3 Å². The van der Waals surface area contributed by atoms with Gasteiger partial charge in [-0.2, -0.15) is 0 Å². The van der Waals surface area contributed by atoms with Crippen LogP contribution in [0.25, 0.3) is 0 Å². The molecular weight excluding hydrogens is 411 g/mol. The highest BCUT2D eigenvalue weighted by molar-refractivity contribution is 14.1. The fraction of sp³-hybridized carbons (Fsp3) is 0.471. The first kappa shape index (κ1) is 21.4. The number of allylic oxidation sites excluding steroid dienone is 3. The number of carbonyl (C=O) groups is 3. The SMILES string of the molecule is C#CCC(C/C(I)=C\CCCC(=O)C=C)(C(=O)OC)C(=O)OC. The van der Waals surface area contributed by atoms with Gasteiger partial charge in [0.1, 0.15) is 0 Å². The molecule has 23 heavy (non-hydrogen) atoms. The van der Waals surface area contributed by atoms with Crippen molar-refractivity contribution in [1.29, 1.82) is 0 Å². The fourth-order valence-corrected chi connectivity index (χ4v) is 2.96. The second kappa shape index (κ2) is 11.0. The van der Waals surface area contributed by atoms with Crippen LogP contribution in [0.4, 0.5) is 0 Å². The summed E-state index contributed by atoms with van der Waals surface area (Å²) in [4.78, 5) is 35.4. The third kappa shape index (κ3) is 6.57. The van der Waals surface area contributed by atoms with Crippen molar-refractivity contribution in [2.75, 3.05) is 14.2 Å². The van der Waals surface area contributed by atoms with E-state index >= 15 is 0 Å². The molecule has 0 aromatic rings. The van der Waals surface area contributed by atoms with Crippen LogP contribution in [0.1, 0.15) is 32.1 Å². The number of halogens is 1. The van der Waals surface area contributed by atoms with Crippen LogP contribution in [-0.4, -0.2) is 31.9 Å². The molecule has 0 saturated heterocycles. The molecule has 5 nitrogen and oxygen atoms in total. The second-order valence-corrected chi connectivity index (χ2v) is 6.22. The van der Waals surface area contributed by atoms with Crippen LogP contribution in [-0.2, 0) is 23.9 Å². The van der Waals surface area contributed by atoms with Gasteiger partial charge in [-0.15, -0.1) is 12.3 Å². The molecule has 0 aromatic carbocycles. The van der Waals surface area contributed by atoms with E-state index in [4.69, 9.17) is 15.9 Å². The molecule has 0 N–H and O–H groups in total. The smallest absolute Gasteiger partial charge is 0.324 e. The largest absolute Gasteiger partial charge is 0.468 e. The van der Waals surface area contributed by atoms with Crippen LogP contribution in [0.2, 0.25) is 0 Å². The highest BCUT2D eigenvalue weighted by Gasteiger charge is 2.48. The molecule has 0 fully saturated rings. The van der Waals surface area contributed by atoms with E-state index in [2.05, 4.69) is 12.5 Å². The number of hydrogen-bond donors (Lipinski definition) is 0.